The molecule has 0 aliphatic rings. The lowest BCUT2D eigenvalue weighted by atomic mass is 10.1. The maximum atomic E-state index is 11.5. The smallest absolute Gasteiger partial charge is 0.236 e. The third-order valence-corrected chi connectivity index (χ3v) is 2.38. The van der Waals surface area contributed by atoms with Crippen LogP contribution in [0.15, 0.2) is 0 Å². The van der Waals surface area contributed by atoms with Crippen LogP contribution in [0.2, 0.25) is 0 Å². The monoisotopic (exact) mass is 264 g/mol. The lowest BCUT2D eigenvalue weighted by Crippen LogP contribution is -2.41. The van der Waals surface area contributed by atoms with Crippen molar-refractivity contribution in [3.63, 3.8) is 0 Å². The first-order valence-electron chi connectivity index (χ1n) is 6.12. The Bertz CT molecular complexity index is 216. The van der Waals surface area contributed by atoms with E-state index in [0.29, 0.717) is 32.4 Å². The van der Waals surface area contributed by atoms with Crippen LogP contribution < -0.4 is 16.8 Å². The lowest BCUT2D eigenvalue weighted by molar-refractivity contribution is -0.492. The molecule has 0 saturated heterocycles. The van der Waals surface area contributed by atoms with E-state index >= 15 is 0 Å². The van der Waals surface area contributed by atoms with Gasteiger partial charge in [0.2, 0.25) is 5.91 Å². The Balaban J connectivity index is 3.40. The zero-order chi connectivity index (χ0) is 13.8. The van der Waals surface area contributed by atoms with Gasteiger partial charge in [-0.15, -0.1) is 0 Å². The van der Waals surface area contributed by atoms with Gasteiger partial charge in [-0.2, -0.15) is 0 Å². The molecule has 1 unspecified atom stereocenters. The van der Waals surface area contributed by atoms with E-state index < -0.39 is 6.04 Å². The highest BCUT2D eigenvalue weighted by Gasteiger charge is 2.11. The van der Waals surface area contributed by atoms with Gasteiger partial charge in [0.1, 0.15) is 0 Å². The second-order valence-electron chi connectivity index (χ2n) is 3.98. The van der Waals surface area contributed by atoms with E-state index in [9.17, 15) is 4.79 Å². The number of nitrogens with zero attached hydrogens (tertiary/aromatic N) is 1. The van der Waals surface area contributed by atoms with Crippen LogP contribution in [0.4, 0.5) is 0 Å². The third kappa shape index (κ3) is 10.4. The normalized spacial score (nSPS) is 12.7. The molecule has 8 nitrogen and oxygen atoms in total. The number of hydrogen-bond acceptors (Lipinski definition) is 7. The fourth-order valence-corrected chi connectivity index (χ4v) is 1.36. The van der Waals surface area contributed by atoms with Crippen molar-refractivity contribution in [2.45, 2.75) is 38.1 Å². The maximum Gasteiger partial charge on any atom is 0.236 e. The van der Waals surface area contributed by atoms with Crippen molar-refractivity contribution >= 4 is 5.91 Å². The summed E-state index contributed by atoms with van der Waals surface area (Å²) >= 11 is 0. The van der Waals surface area contributed by atoms with Crippen LogP contribution in [0.3, 0.4) is 0 Å². The summed E-state index contributed by atoms with van der Waals surface area (Å²) in [5, 5.41) is 18.9. The summed E-state index contributed by atoms with van der Waals surface area (Å²) in [6.45, 7) is 1.27. The summed E-state index contributed by atoms with van der Waals surface area (Å²) in [7, 11) is 0. The number of carbonyl (C=O) groups excluding carboxylic acids is 1. The average molecular weight is 264 g/mol. The minimum Gasteiger partial charge on any atom is -0.355 e. The van der Waals surface area contributed by atoms with Crippen molar-refractivity contribution in [2.75, 3.05) is 19.7 Å². The average Bonchev–Trinajstić information content (AvgIpc) is 2.33. The first kappa shape index (κ1) is 17.2. The molecule has 0 rings (SSSR count). The number of nitrogens with one attached hydrogen (secondary N) is 1. The Kier molecular flexibility index (Phi) is 10.8. The molecule has 18 heavy (non-hydrogen) atoms. The van der Waals surface area contributed by atoms with E-state index in [0.717, 1.165) is 12.8 Å². The molecule has 8 heteroatoms. The molecular weight excluding hydrogens is 240 g/mol. The van der Waals surface area contributed by atoms with Gasteiger partial charge in [0.25, 0.3) is 0 Å². The minimum absolute atomic E-state index is 0.168. The SMILES string of the molecule is NCCCCC(N)C(=O)NCCCCON(O)O. The van der Waals surface area contributed by atoms with Crippen LogP contribution in [-0.4, -0.2) is 47.4 Å². The van der Waals surface area contributed by atoms with E-state index in [4.69, 9.17) is 21.9 Å². The highest BCUT2D eigenvalue weighted by atomic mass is 17.1. The molecule has 0 spiro atoms. The molecule has 0 heterocycles. The van der Waals surface area contributed by atoms with Gasteiger partial charge >= 0.3 is 0 Å². The lowest BCUT2D eigenvalue weighted by Gasteiger charge is -2.12. The van der Waals surface area contributed by atoms with Crippen molar-refractivity contribution in [3.05, 3.63) is 0 Å². The molecule has 1 atom stereocenters. The topological polar surface area (TPSA) is 134 Å². The number of amides is 1. The Morgan fingerprint density at radius 3 is 2.61 bits per heavy atom. The van der Waals surface area contributed by atoms with Crippen LogP contribution in [0.5, 0.6) is 0 Å². The number of rotatable bonds is 11. The summed E-state index contributed by atoms with van der Waals surface area (Å²) in [6.07, 6.45) is 3.63. The third-order valence-electron chi connectivity index (χ3n) is 2.38. The van der Waals surface area contributed by atoms with Crippen LogP contribution >= 0.6 is 0 Å². The molecular formula is C10H24N4O4. The molecule has 108 valence electrons. The van der Waals surface area contributed by atoms with Gasteiger partial charge in [-0.1, -0.05) is 6.42 Å². The minimum atomic E-state index is -0.488. The number of carbonyl (C=O) groups is 1. The van der Waals surface area contributed by atoms with E-state index in [-0.39, 0.29) is 17.9 Å². The quantitative estimate of drug-likeness (QED) is 0.247. The summed E-state index contributed by atoms with van der Waals surface area (Å²) in [6, 6.07) is -0.488. The van der Waals surface area contributed by atoms with Crippen LogP contribution in [0.1, 0.15) is 32.1 Å². The van der Waals surface area contributed by atoms with Gasteiger partial charge in [-0.05, 0) is 32.2 Å². The molecule has 0 fully saturated rings. The number of hydrogen-bond donors (Lipinski definition) is 5. The van der Waals surface area contributed by atoms with Crippen LogP contribution in [0, 0.1) is 0 Å². The fourth-order valence-electron chi connectivity index (χ4n) is 1.36. The first-order chi connectivity index (χ1) is 8.57. The molecule has 0 aromatic heterocycles. The fraction of sp³-hybridized carbons (Fsp3) is 0.900. The Morgan fingerprint density at radius 2 is 2.00 bits per heavy atom. The molecule has 0 aliphatic carbocycles. The molecule has 7 N–H and O–H groups in total. The van der Waals surface area contributed by atoms with Crippen molar-refractivity contribution in [3.8, 4) is 0 Å². The summed E-state index contributed by atoms with van der Waals surface area (Å²) in [4.78, 5) is 15.8. The van der Waals surface area contributed by atoms with Crippen molar-refractivity contribution in [1.82, 2.24) is 10.7 Å². The largest absolute Gasteiger partial charge is 0.355 e. The zero-order valence-corrected chi connectivity index (χ0v) is 10.5. The highest BCUT2D eigenvalue weighted by Crippen LogP contribution is 1.98. The van der Waals surface area contributed by atoms with Gasteiger partial charge in [0.15, 0.2) is 0 Å². The molecule has 0 radical (unpaired) electrons. The van der Waals surface area contributed by atoms with Gasteiger partial charge < -0.3 is 16.8 Å². The summed E-state index contributed by atoms with van der Waals surface area (Å²) in [5.74, 6) is -0.168. The first-order valence-corrected chi connectivity index (χ1v) is 6.12. The van der Waals surface area contributed by atoms with Crippen molar-refractivity contribution < 1.29 is 20.0 Å². The van der Waals surface area contributed by atoms with Crippen molar-refractivity contribution in [1.29, 1.82) is 0 Å². The van der Waals surface area contributed by atoms with E-state index in [2.05, 4.69) is 10.2 Å². The number of unbranched alkanes of at least 4 members (excludes halogenated alkanes) is 2. The second-order valence-corrected chi connectivity index (χ2v) is 3.98. The predicted molar refractivity (Wildman–Crippen MR) is 64.5 cm³/mol. The van der Waals surface area contributed by atoms with Gasteiger partial charge in [-0.25, -0.2) is 0 Å². The molecule has 0 saturated carbocycles. The number of nitrogens with two attached hydrogens (primary N) is 2. The van der Waals surface area contributed by atoms with Gasteiger partial charge in [0, 0.05) is 6.54 Å². The zero-order valence-electron chi connectivity index (χ0n) is 10.5. The van der Waals surface area contributed by atoms with E-state index in [1.165, 1.54) is 0 Å². The maximum absolute atomic E-state index is 11.5. The molecule has 0 aromatic carbocycles. The highest BCUT2D eigenvalue weighted by molar-refractivity contribution is 5.81. The molecule has 0 aromatic rings. The van der Waals surface area contributed by atoms with E-state index in [1.54, 1.807) is 0 Å². The summed E-state index contributed by atoms with van der Waals surface area (Å²) < 4.78 is 0. The second kappa shape index (κ2) is 11.3. The molecule has 0 aliphatic heterocycles. The Morgan fingerprint density at radius 1 is 1.28 bits per heavy atom. The predicted octanol–water partition coefficient (Wildman–Crippen LogP) is -0.649. The van der Waals surface area contributed by atoms with E-state index in [1.807, 2.05) is 0 Å². The van der Waals surface area contributed by atoms with Gasteiger partial charge in [0.05, 0.1) is 18.0 Å². The molecule has 1 amide bonds. The standard InChI is InChI=1S/C10H24N4O4/c11-6-2-1-5-9(12)10(15)13-7-3-4-8-18-14(16)17/h9,16-17H,1-8,11-12H2,(H,13,15). The molecule has 0 bridgehead atoms. The Hall–Kier alpha value is -0.770. The van der Waals surface area contributed by atoms with Crippen LogP contribution in [-0.2, 0) is 9.63 Å². The summed E-state index contributed by atoms with van der Waals surface area (Å²) in [5.41, 5.74) is 11.0. The van der Waals surface area contributed by atoms with Crippen molar-refractivity contribution in [2.24, 2.45) is 11.5 Å². The van der Waals surface area contributed by atoms with Crippen LogP contribution in [0.25, 0.3) is 0 Å². The Labute approximate surface area is 107 Å². The van der Waals surface area contributed by atoms with Gasteiger partial charge in [-0.3, -0.25) is 20.0 Å².